The lowest BCUT2D eigenvalue weighted by atomic mass is 9.90. The van der Waals surface area contributed by atoms with Crippen molar-refractivity contribution >= 4 is 17.9 Å². The Kier molecular flexibility index (Phi) is 8.53. The smallest absolute Gasteiger partial charge is 0.330 e. The van der Waals surface area contributed by atoms with Crippen LogP contribution < -0.4 is 5.32 Å². The number of nitrogens with zero attached hydrogens (tertiary/aromatic N) is 1. The zero-order valence-corrected chi connectivity index (χ0v) is 24.7. The van der Waals surface area contributed by atoms with Crippen LogP contribution >= 0.6 is 0 Å². The molecule has 2 aromatic carbocycles. The van der Waals surface area contributed by atoms with E-state index in [2.05, 4.69) is 12.2 Å². The third kappa shape index (κ3) is 6.27. The van der Waals surface area contributed by atoms with E-state index in [4.69, 9.17) is 9.47 Å². The van der Waals surface area contributed by atoms with Crippen LogP contribution in [-0.2, 0) is 19.1 Å². The van der Waals surface area contributed by atoms with E-state index >= 15 is 4.39 Å². The molecule has 2 heterocycles. The van der Waals surface area contributed by atoms with Crippen LogP contribution in [0.25, 0.3) is 11.1 Å². The molecule has 2 fully saturated rings. The molecule has 1 aliphatic carbocycles. The van der Waals surface area contributed by atoms with Crippen molar-refractivity contribution in [3.8, 4) is 11.1 Å². The van der Waals surface area contributed by atoms with Crippen LogP contribution in [0.4, 0.5) is 9.18 Å². The molecule has 3 aliphatic rings. The maximum atomic E-state index is 15.0. The number of allylic oxidation sites excluding steroid dienone is 2. The first-order chi connectivity index (χ1) is 20.1. The van der Waals surface area contributed by atoms with Gasteiger partial charge in [0.15, 0.2) is 6.23 Å². The van der Waals surface area contributed by atoms with E-state index in [0.717, 1.165) is 36.8 Å². The molecule has 0 spiro atoms. The van der Waals surface area contributed by atoms with Crippen molar-refractivity contribution in [2.45, 2.75) is 91.0 Å². The molecule has 0 bridgehead atoms. The summed E-state index contributed by atoms with van der Waals surface area (Å²) in [6.45, 7) is 7.50. The largest absolute Gasteiger partial charge is 0.470 e. The Hall–Kier alpha value is -3.94. The second-order valence-corrected chi connectivity index (χ2v) is 11.9. The number of hydrogen-bond acceptors (Lipinski definition) is 5. The standard InChI is InChI=1S/C34H39FN2O5/c1-5-10-26-19-25(13-9-16-34(4)17-18-34)29-30(38)36-33(40)37(31(29)42-26)22(3)41-32(39)21(2)24-14-15-27(28(35)20-24)23-11-7-6-8-12-23/h6-8,10-12,14-15,20-22,31H,5,9,13,16-19H2,1-4H3,(H,36,38,40). The van der Waals surface area contributed by atoms with Gasteiger partial charge < -0.3 is 9.47 Å². The van der Waals surface area contributed by atoms with Gasteiger partial charge in [-0.3, -0.25) is 14.9 Å². The quantitative estimate of drug-likeness (QED) is 0.300. The van der Waals surface area contributed by atoms with Crippen molar-refractivity contribution in [1.29, 1.82) is 0 Å². The Morgan fingerprint density at radius 3 is 2.60 bits per heavy atom. The molecule has 8 heteroatoms. The monoisotopic (exact) mass is 574 g/mol. The SMILES string of the molecule is CCC=C1CC(CCCC2(C)CC2)=C2C(=O)NC(=O)N(C(C)OC(=O)C(C)c3ccc(-c4ccccc4)c(F)c3)C2O1. The van der Waals surface area contributed by atoms with Crippen LogP contribution in [0.3, 0.4) is 0 Å². The summed E-state index contributed by atoms with van der Waals surface area (Å²) >= 11 is 0. The number of rotatable bonds is 10. The number of imide groups is 1. The van der Waals surface area contributed by atoms with Gasteiger partial charge in [-0.1, -0.05) is 56.3 Å². The summed E-state index contributed by atoms with van der Waals surface area (Å²) in [7, 11) is 0. The lowest BCUT2D eigenvalue weighted by molar-refractivity contribution is -0.164. The topological polar surface area (TPSA) is 84.9 Å². The summed E-state index contributed by atoms with van der Waals surface area (Å²) in [5.74, 6) is -1.62. The van der Waals surface area contributed by atoms with Crippen molar-refractivity contribution in [2.24, 2.45) is 5.41 Å². The first kappa shape index (κ1) is 29.5. The summed E-state index contributed by atoms with van der Waals surface area (Å²) in [5.41, 5.74) is 3.40. The fourth-order valence-electron chi connectivity index (χ4n) is 5.76. The molecule has 3 unspecified atom stereocenters. The van der Waals surface area contributed by atoms with Gasteiger partial charge >= 0.3 is 12.0 Å². The van der Waals surface area contributed by atoms with Crippen molar-refractivity contribution < 1.29 is 28.2 Å². The molecule has 3 atom stereocenters. The molecule has 42 heavy (non-hydrogen) atoms. The average Bonchev–Trinajstić information content (AvgIpc) is 3.69. The van der Waals surface area contributed by atoms with Crippen LogP contribution in [0, 0.1) is 11.2 Å². The van der Waals surface area contributed by atoms with E-state index in [1.165, 1.54) is 23.8 Å². The van der Waals surface area contributed by atoms with E-state index in [0.29, 0.717) is 34.3 Å². The van der Waals surface area contributed by atoms with Gasteiger partial charge in [0.25, 0.3) is 5.91 Å². The van der Waals surface area contributed by atoms with Gasteiger partial charge in [-0.25, -0.2) is 14.1 Å². The number of esters is 1. The molecule has 0 aromatic heterocycles. The predicted molar refractivity (Wildman–Crippen MR) is 157 cm³/mol. The Bertz CT molecular complexity index is 1430. The van der Waals surface area contributed by atoms with Gasteiger partial charge in [0.2, 0.25) is 6.23 Å². The highest BCUT2D eigenvalue weighted by molar-refractivity contribution is 6.08. The predicted octanol–water partition coefficient (Wildman–Crippen LogP) is 7.34. The summed E-state index contributed by atoms with van der Waals surface area (Å²) in [6.07, 6.45) is 6.41. The maximum absolute atomic E-state index is 15.0. The summed E-state index contributed by atoms with van der Waals surface area (Å²) < 4.78 is 27.0. The normalized spacial score (nSPS) is 21.8. The van der Waals surface area contributed by atoms with Crippen LogP contribution in [0.15, 0.2) is 71.5 Å². The summed E-state index contributed by atoms with van der Waals surface area (Å²) in [5, 5.41) is 2.42. The molecule has 3 amide bonds. The number of ether oxygens (including phenoxy) is 2. The van der Waals surface area contributed by atoms with Gasteiger partial charge in [0, 0.05) is 12.0 Å². The number of carbonyl (C=O) groups is 3. The van der Waals surface area contributed by atoms with E-state index < -0.39 is 42.1 Å². The second kappa shape index (κ2) is 12.1. The van der Waals surface area contributed by atoms with Crippen molar-refractivity contribution in [3.63, 3.8) is 0 Å². The molecule has 7 nitrogen and oxygen atoms in total. The minimum absolute atomic E-state index is 0.402. The minimum Gasteiger partial charge on any atom is -0.470 e. The number of nitrogens with one attached hydrogen (secondary N) is 1. The summed E-state index contributed by atoms with van der Waals surface area (Å²) in [4.78, 5) is 40.7. The highest BCUT2D eigenvalue weighted by atomic mass is 19.1. The van der Waals surface area contributed by atoms with Crippen LogP contribution in [0.2, 0.25) is 0 Å². The zero-order chi connectivity index (χ0) is 30.0. The maximum Gasteiger partial charge on any atom is 0.330 e. The van der Waals surface area contributed by atoms with Gasteiger partial charge in [0.05, 0.1) is 17.3 Å². The highest BCUT2D eigenvalue weighted by Crippen LogP contribution is 2.49. The number of urea groups is 1. The number of amides is 3. The first-order valence-corrected chi connectivity index (χ1v) is 14.9. The Morgan fingerprint density at radius 1 is 1.19 bits per heavy atom. The van der Waals surface area contributed by atoms with E-state index in [9.17, 15) is 14.4 Å². The fourth-order valence-corrected chi connectivity index (χ4v) is 5.76. The lowest BCUT2D eigenvalue weighted by Crippen LogP contribution is -2.61. The average molecular weight is 575 g/mol. The minimum atomic E-state index is -1.05. The fraction of sp³-hybridized carbons (Fsp3) is 0.441. The van der Waals surface area contributed by atoms with Crippen LogP contribution in [0.1, 0.15) is 84.1 Å². The third-order valence-electron chi connectivity index (χ3n) is 8.63. The molecule has 222 valence electrons. The molecule has 1 N–H and O–H groups in total. The number of carbonyl (C=O) groups excluding carboxylic acids is 3. The van der Waals surface area contributed by atoms with Crippen LogP contribution in [-0.4, -0.2) is 35.3 Å². The molecular weight excluding hydrogens is 535 g/mol. The number of hydrogen-bond donors (Lipinski definition) is 1. The van der Waals surface area contributed by atoms with E-state index in [-0.39, 0.29) is 0 Å². The highest BCUT2D eigenvalue weighted by Gasteiger charge is 2.46. The lowest BCUT2D eigenvalue weighted by Gasteiger charge is -2.43. The van der Waals surface area contributed by atoms with Gasteiger partial charge in [0.1, 0.15) is 5.82 Å². The first-order valence-electron chi connectivity index (χ1n) is 14.9. The van der Waals surface area contributed by atoms with Crippen molar-refractivity contribution in [2.75, 3.05) is 0 Å². The molecule has 1 saturated carbocycles. The van der Waals surface area contributed by atoms with Crippen LogP contribution in [0.5, 0.6) is 0 Å². The number of halogens is 1. The Labute approximate surface area is 246 Å². The second-order valence-electron chi connectivity index (χ2n) is 11.9. The van der Waals surface area contributed by atoms with Crippen molar-refractivity contribution in [3.05, 3.63) is 82.9 Å². The molecule has 1 saturated heterocycles. The number of benzene rings is 2. The van der Waals surface area contributed by atoms with Gasteiger partial charge in [-0.15, -0.1) is 0 Å². The Morgan fingerprint density at radius 2 is 1.93 bits per heavy atom. The van der Waals surface area contributed by atoms with Gasteiger partial charge in [-0.05, 0) is 86.6 Å². The van der Waals surface area contributed by atoms with Crippen molar-refractivity contribution in [1.82, 2.24) is 10.2 Å². The molecule has 2 aromatic rings. The molecule has 2 aliphatic heterocycles. The molecule has 5 rings (SSSR count). The van der Waals surface area contributed by atoms with E-state index in [1.807, 2.05) is 43.3 Å². The summed E-state index contributed by atoms with van der Waals surface area (Å²) in [6, 6.07) is 13.2. The molecule has 0 radical (unpaired) electrons. The third-order valence-corrected chi connectivity index (χ3v) is 8.63. The van der Waals surface area contributed by atoms with E-state index in [1.54, 1.807) is 26.0 Å². The number of fused-ring (bicyclic) bond motifs is 1. The molecular formula is C34H39FN2O5. The Balaban J connectivity index is 1.33. The zero-order valence-electron chi connectivity index (χ0n) is 24.7. The van der Waals surface area contributed by atoms with Gasteiger partial charge in [-0.2, -0.15) is 0 Å².